The highest BCUT2D eigenvalue weighted by Gasteiger charge is 2.50. The Balaban J connectivity index is 2.19. The molecule has 0 saturated heterocycles. The lowest BCUT2D eigenvalue weighted by molar-refractivity contribution is -0.149. The van der Waals surface area contributed by atoms with E-state index in [1.807, 2.05) is 0 Å². The number of nitrogens with zero attached hydrogens (tertiary/aromatic N) is 1. The molecule has 0 heterocycles. The molecule has 2 aliphatic rings. The number of carbonyl (C=O) groups excluding carboxylic acids is 1. The van der Waals surface area contributed by atoms with Crippen LogP contribution in [0.3, 0.4) is 0 Å². The number of likely N-dealkylation sites (N-methyl/N-ethyl adjacent to an activating group) is 1. The van der Waals surface area contributed by atoms with Crippen molar-refractivity contribution < 1.29 is 14.7 Å². The number of rotatable bonds is 5. The van der Waals surface area contributed by atoms with Gasteiger partial charge >= 0.3 is 5.97 Å². The zero-order valence-electron chi connectivity index (χ0n) is 12.5. The molecule has 3 N–H and O–H groups in total. The van der Waals surface area contributed by atoms with Gasteiger partial charge in [-0.15, -0.1) is 0 Å². The molecular formula is C15H26N2O3. The van der Waals surface area contributed by atoms with Crippen LogP contribution in [0.5, 0.6) is 0 Å². The van der Waals surface area contributed by atoms with E-state index in [9.17, 15) is 14.7 Å². The maximum Gasteiger partial charge on any atom is 0.305 e. The second kappa shape index (κ2) is 5.35. The van der Waals surface area contributed by atoms with Crippen molar-refractivity contribution in [2.45, 2.75) is 69.4 Å². The lowest BCUT2D eigenvalue weighted by Crippen LogP contribution is -2.61. The van der Waals surface area contributed by atoms with Crippen LogP contribution < -0.4 is 5.73 Å². The molecule has 0 spiro atoms. The summed E-state index contributed by atoms with van der Waals surface area (Å²) in [6.07, 6.45) is 6.63. The molecule has 5 nitrogen and oxygen atoms in total. The van der Waals surface area contributed by atoms with Crippen LogP contribution in [0.1, 0.15) is 58.3 Å². The summed E-state index contributed by atoms with van der Waals surface area (Å²) < 4.78 is 0. The number of hydrogen-bond donors (Lipinski definition) is 2. The first-order valence-corrected chi connectivity index (χ1v) is 7.58. The fourth-order valence-corrected chi connectivity index (χ4v) is 3.56. The molecule has 1 amide bonds. The highest BCUT2D eigenvalue weighted by molar-refractivity contribution is 5.87. The third-order valence-corrected chi connectivity index (χ3v) is 5.17. The van der Waals surface area contributed by atoms with Gasteiger partial charge in [0.2, 0.25) is 5.91 Å². The van der Waals surface area contributed by atoms with Crippen LogP contribution in [0.4, 0.5) is 0 Å². The molecule has 0 radical (unpaired) electrons. The smallest absolute Gasteiger partial charge is 0.305 e. The van der Waals surface area contributed by atoms with Gasteiger partial charge in [-0.3, -0.25) is 9.59 Å². The third-order valence-electron chi connectivity index (χ3n) is 5.17. The summed E-state index contributed by atoms with van der Waals surface area (Å²) in [6.45, 7) is 1.79. The van der Waals surface area contributed by atoms with Crippen LogP contribution in [0.2, 0.25) is 0 Å². The normalized spacial score (nSPS) is 24.8. The van der Waals surface area contributed by atoms with Crippen molar-refractivity contribution in [2.75, 3.05) is 7.05 Å². The largest absolute Gasteiger partial charge is 0.481 e. The monoisotopic (exact) mass is 282 g/mol. The first kappa shape index (κ1) is 15.3. The Hall–Kier alpha value is -1.10. The number of aliphatic carboxylic acids is 1. The lowest BCUT2D eigenvalue weighted by Gasteiger charge is -2.46. The summed E-state index contributed by atoms with van der Waals surface area (Å²) in [5.74, 6) is -0.678. The summed E-state index contributed by atoms with van der Waals surface area (Å²) in [4.78, 5) is 25.6. The number of amides is 1. The first-order valence-electron chi connectivity index (χ1n) is 7.58. The minimum atomic E-state index is -0.850. The Morgan fingerprint density at radius 3 is 2.30 bits per heavy atom. The predicted molar refractivity (Wildman–Crippen MR) is 76.2 cm³/mol. The standard InChI is InChI=1S/C15H26N2O3/c1-14(16,11-6-7-11)13(20)17(2)15(10-12(18)19)8-4-3-5-9-15/h11H,3-10,16H2,1-2H3,(H,18,19). The maximum absolute atomic E-state index is 12.7. The Kier molecular flexibility index (Phi) is 4.09. The number of carboxylic acids is 1. The van der Waals surface area contributed by atoms with E-state index in [0.29, 0.717) is 0 Å². The fraction of sp³-hybridized carbons (Fsp3) is 0.867. The van der Waals surface area contributed by atoms with E-state index in [-0.39, 0.29) is 18.2 Å². The van der Waals surface area contributed by atoms with E-state index in [0.717, 1.165) is 44.9 Å². The minimum Gasteiger partial charge on any atom is -0.481 e. The second-order valence-electron chi connectivity index (χ2n) is 6.78. The van der Waals surface area contributed by atoms with E-state index in [4.69, 9.17) is 5.73 Å². The molecular weight excluding hydrogens is 256 g/mol. The lowest BCUT2D eigenvalue weighted by atomic mass is 9.77. The van der Waals surface area contributed by atoms with E-state index >= 15 is 0 Å². The molecule has 5 heteroatoms. The van der Waals surface area contributed by atoms with Crippen LogP contribution in [-0.2, 0) is 9.59 Å². The molecule has 114 valence electrons. The number of carboxylic acid groups (broad SMARTS) is 1. The van der Waals surface area contributed by atoms with Gasteiger partial charge in [-0.05, 0) is 38.5 Å². The van der Waals surface area contributed by atoms with Crippen molar-refractivity contribution >= 4 is 11.9 Å². The van der Waals surface area contributed by atoms with E-state index in [1.54, 1.807) is 18.9 Å². The van der Waals surface area contributed by atoms with Crippen molar-refractivity contribution in [2.24, 2.45) is 11.7 Å². The van der Waals surface area contributed by atoms with E-state index < -0.39 is 17.0 Å². The molecule has 2 saturated carbocycles. The average Bonchev–Trinajstić information content (AvgIpc) is 3.21. The van der Waals surface area contributed by atoms with E-state index in [1.165, 1.54) is 0 Å². The zero-order valence-corrected chi connectivity index (χ0v) is 12.5. The van der Waals surface area contributed by atoms with E-state index in [2.05, 4.69) is 0 Å². The van der Waals surface area contributed by atoms with Crippen molar-refractivity contribution in [3.05, 3.63) is 0 Å². The van der Waals surface area contributed by atoms with Crippen LogP contribution in [0.25, 0.3) is 0 Å². The molecule has 0 aromatic heterocycles. The maximum atomic E-state index is 12.7. The quantitative estimate of drug-likeness (QED) is 0.804. The summed E-state index contributed by atoms with van der Waals surface area (Å²) in [5.41, 5.74) is 4.83. The van der Waals surface area contributed by atoms with Gasteiger partial charge in [0.25, 0.3) is 0 Å². The van der Waals surface area contributed by atoms with Crippen molar-refractivity contribution in [3.63, 3.8) is 0 Å². The van der Waals surface area contributed by atoms with Crippen LogP contribution in [0.15, 0.2) is 0 Å². The molecule has 0 aromatic carbocycles. The second-order valence-corrected chi connectivity index (χ2v) is 6.78. The molecule has 2 fully saturated rings. The molecule has 0 aliphatic heterocycles. The minimum absolute atomic E-state index is 0.0238. The Morgan fingerprint density at radius 1 is 1.30 bits per heavy atom. The first-order chi connectivity index (χ1) is 9.29. The SMILES string of the molecule is CN(C(=O)C(C)(N)C1CC1)C1(CC(=O)O)CCCCC1. The summed E-state index contributed by atoms with van der Waals surface area (Å²) in [7, 11) is 1.74. The molecule has 2 aliphatic carbocycles. The van der Waals surface area contributed by atoms with Gasteiger partial charge in [-0.2, -0.15) is 0 Å². The zero-order chi connectivity index (χ0) is 15.0. The van der Waals surface area contributed by atoms with Crippen molar-refractivity contribution in [1.82, 2.24) is 4.90 Å². The van der Waals surface area contributed by atoms with Crippen molar-refractivity contribution in [1.29, 1.82) is 0 Å². The fourth-order valence-electron chi connectivity index (χ4n) is 3.56. The number of hydrogen-bond acceptors (Lipinski definition) is 3. The van der Waals surface area contributed by atoms with Gasteiger partial charge in [0, 0.05) is 7.05 Å². The molecule has 2 rings (SSSR count). The number of carbonyl (C=O) groups is 2. The van der Waals surface area contributed by atoms with Crippen LogP contribution in [-0.4, -0.2) is 40.0 Å². The van der Waals surface area contributed by atoms with Gasteiger partial charge < -0.3 is 15.7 Å². The Bertz CT molecular complexity index is 396. The van der Waals surface area contributed by atoms with Gasteiger partial charge in [-0.1, -0.05) is 19.3 Å². The summed E-state index contributed by atoms with van der Waals surface area (Å²) >= 11 is 0. The van der Waals surface area contributed by atoms with Crippen LogP contribution >= 0.6 is 0 Å². The Labute approximate surface area is 120 Å². The molecule has 1 unspecified atom stereocenters. The van der Waals surface area contributed by atoms with Gasteiger partial charge in [0.15, 0.2) is 0 Å². The summed E-state index contributed by atoms with van der Waals surface area (Å²) in [5, 5.41) is 9.22. The van der Waals surface area contributed by atoms with Gasteiger partial charge in [0.1, 0.15) is 0 Å². The predicted octanol–water partition coefficient (Wildman–Crippen LogP) is 1.75. The van der Waals surface area contributed by atoms with Crippen LogP contribution in [0, 0.1) is 5.92 Å². The molecule has 20 heavy (non-hydrogen) atoms. The molecule has 0 aromatic rings. The molecule has 0 bridgehead atoms. The summed E-state index contributed by atoms with van der Waals surface area (Å²) in [6, 6.07) is 0. The van der Waals surface area contributed by atoms with Gasteiger partial charge in [0.05, 0.1) is 17.5 Å². The highest BCUT2D eigenvalue weighted by Crippen LogP contribution is 2.42. The number of nitrogens with two attached hydrogens (primary N) is 1. The topological polar surface area (TPSA) is 83.6 Å². The van der Waals surface area contributed by atoms with Gasteiger partial charge in [-0.25, -0.2) is 0 Å². The highest BCUT2D eigenvalue weighted by atomic mass is 16.4. The molecule has 1 atom stereocenters. The Morgan fingerprint density at radius 2 is 1.85 bits per heavy atom. The third kappa shape index (κ3) is 2.82. The average molecular weight is 282 g/mol. The van der Waals surface area contributed by atoms with Crippen molar-refractivity contribution in [3.8, 4) is 0 Å².